The van der Waals surface area contributed by atoms with Crippen molar-refractivity contribution in [2.75, 3.05) is 0 Å². The van der Waals surface area contributed by atoms with Crippen LogP contribution < -0.4 is 0 Å². The molecular weight excluding hydrogens is 394 g/mol. The van der Waals surface area contributed by atoms with Crippen molar-refractivity contribution in [3.63, 3.8) is 0 Å². The maximum atomic E-state index is 6.22. The van der Waals surface area contributed by atoms with Crippen molar-refractivity contribution in [1.29, 1.82) is 0 Å². The first kappa shape index (κ1) is 17.5. The van der Waals surface area contributed by atoms with Crippen LogP contribution in [-0.2, 0) is 5.75 Å². The molecule has 0 spiro atoms. The number of rotatable bonds is 6. The summed E-state index contributed by atoms with van der Waals surface area (Å²) < 4.78 is 7.54. The molecule has 0 unspecified atom stereocenters. The minimum absolute atomic E-state index is 0.490. The van der Waals surface area contributed by atoms with Gasteiger partial charge in [0.25, 0.3) is 0 Å². The van der Waals surface area contributed by atoms with Crippen LogP contribution in [0, 0.1) is 0 Å². The standard InChI is InChI=1S/C20H16ClN5OS/c21-16-9-5-4-8-15(16)18-22-17(27-25-18)12-28-20-24-23-19(13-10-11-13)26(20)14-6-2-1-3-7-14/h1-9,13H,10-12H2. The van der Waals surface area contributed by atoms with Crippen LogP contribution in [0.25, 0.3) is 17.1 Å². The second-order valence-corrected chi connectivity index (χ2v) is 7.92. The fourth-order valence-electron chi connectivity index (χ4n) is 2.99. The molecule has 0 aliphatic heterocycles. The molecule has 2 aromatic carbocycles. The third-order valence-corrected chi connectivity index (χ3v) is 5.77. The molecule has 0 atom stereocenters. The van der Waals surface area contributed by atoms with Crippen molar-refractivity contribution < 1.29 is 4.52 Å². The van der Waals surface area contributed by atoms with Gasteiger partial charge in [0.15, 0.2) is 5.16 Å². The Labute approximate surface area is 170 Å². The van der Waals surface area contributed by atoms with Gasteiger partial charge in [0.1, 0.15) is 5.82 Å². The molecule has 0 saturated heterocycles. The minimum atomic E-state index is 0.490. The number of thioether (sulfide) groups is 1. The van der Waals surface area contributed by atoms with Crippen LogP contribution in [0.1, 0.15) is 30.5 Å². The van der Waals surface area contributed by atoms with E-state index in [-0.39, 0.29) is 0 Å². The van der Waals surface area contributed by atoms with Gasteiger partial charge in [-0.2, -0.15) is 4.98 Å². The lowest BCUT2D eigenvalue weighted by atomic mass is 10.2. The first-order valence-electron chi connectivity index (χ1n) is 9.00. The Morgan fingerprint density at radius 1 is 1.04 bits per heavy atom. The number of hydrogen-bond donors (Lipinski definition) is 0. The van der Waals surface area contributed by atoms with E-state index in [2.05, 4.69) is 37.0 Å². The molecule has 2 aromatic heterocycles. The molecule has 2 heterocycles. The second-order valence-electron chi connectivity index (χ2n) is 6.57. The third-order valence-electron chi connectivity index (χ3n) is 4.52. The molecule has 0 N–H and O–H groups in total. The van der Waals surface area contributed by atoms with E-state index in [0.717, 1.165) is 22.2 Å². The number of benzene rings is 2. The highest BCUT2D eigenvalue weighted by Crippen LogP contribution is 2.41. The summed E-state index contributed by atoms with van der Waals surface area (Å²) in [5.74, 6) is 3.04. The van der Waals surface area contributed by atoms with Crippen molar-refractivity contribution in [1.82, 2.24) is 24.9 Å². The molecule has 28 heavy (non-hydrogen) atoms. The van der Waals surface area contributed by atoms with E-state index in [0.29, 0.717) is 28.4 Å². The van der Waals surface area contributed by atoms with Crippen molar-refractivity contribution in [3.8, 4) is 17.1 Å². The zero-order valence-corrected chi connectivity index (χ0v) is 16.4. The van der Waals surface area contributed by atoms with Crippen LogP contribution in [-0.4, -0.2) is 24.9 Å². The summed E-state index contributed by atoms with van der Waals surface area (Å²) in [5.41, 5.74) is 1.83. The molecule has 0 radical (unpaired) electrons. The zero-order valence-electron chi connectivity index (χ0n) is 14.8. The Kier molecular flexibility index (Phi) is 4.62. The van der Waals surface area contributed by atoms with Gasteiger partial charge in [-0.1, -0.05) is 58.9 Å². The molecule has 0 bridgehead atoms. The van der Waals surface area contributed by atoms with Gasteiger partial charge < -0.3 is 4.52 Å². The normalized spacial score (nSPS) is 13.8. The highest BCUT2D eigenvalue weighted by Gasteiger charge is 2.31. The lowest BCUT2D eigenvalue weighted by Gasteiger charge is -2.08. The molecule has 5 rings (SSSR count). The maximum absolute atomic E-state index is 6.22. The second kappa shape index (κ2) is 7.41. The van der Waals surface area contributed by atoms with Crippen LogP contribution in [0.4, 0.5) is 0 Å². The van der Waals surface area contributed by atoms with Gasteiger partial charge in [0, 0.05) is 17.2 Å². The van der Waals surface area contributed by atoms with Gasteiger partial charge in [-0.05, 0) is 37.1 Å². The first-order valence-corrected chi connectivity index (χ1v) is 10.4. The van der Waals surface area contributed by atoms with Crippen molar-refractivity contribution in [2.24, 2.45) is 0 Å². The fraction of sp³-hybridized carbons (Fsp3) is 0.200. The van der Waals surface area contributed by atoms with E-state index in [1.807, 2.05) is 42.5 Å². The molecule has 1 aliphatic carbocycles. The average molecular weight is 410 g/mol. The van der Waals surface area contributed by atoms with Gasteiger partial charge in [-0.25, -0.2) is 0 Å². The number of hydrogen-bond acceptors (Lipinski definition) is 6. The van der Waals surface area contributed by atoms with Crippen LogP contribution in [0.5, 0.6) is 0 Å². The van der Waals surface area contributed by atoms with Gasteiger partial charge in [0.05, 0.1) is 10.8 Å². The topological polar surface area (TPSA) is 69.6 Å². The molecule has 8 heteroatoms. The molecule has 1 fully saturated rings. The van der Waals surface area contributed by atoms with Crippen molar-refractivity contribution in [2.45, 2.75) is 29.7 Å². The van der Waals surface area contributed by atoms with Gasteiger partial charge in [0.2, 0.25) is 11.7 Å². The van der Waals surface area contributed by atoms with Crippen molar-refractivity contribution in [3.05, 3.63) is 71.3 Å². The lowest BCUT2D eigenvalue weighted by Crippen LogP contribution is -2.01. The Bertz CT molecular complexity index is 1110. The fourth-order valence-corrected chi connectivity index (χ4v) is 4.01. The van der Waals surface area contributed by atoms with E-state index < -0.39 is 0 Å². The monoisotopic (exact) mass is 409 g/mol. The largest absolute Gasteiger partial charge is 0.338 e. The summed E-state index contributed by atoms with van der Waals surface area (Å²) in [6, 6.07) is 17.6. The van der Waals surface area contributed by atoms with Gasteiger partial charge in [-0.15, -0.1) is 10.2 Å². The van der Waals surface area contributed by atoms with E-state index in [9.17, 15) is 0 Å². The summed E-state index contributed by atoms with van der Waals surface area (Å²) >= 11 is 7.75. The van der Waals surface area contributed by atoms with Gasteiger partial charge in [-0.3, -0.25) is 4.57 Å². The molecule has 4 aromatic rings. The molecule has 1 saturated carbocycles. The Morgan fingerprint density at radius 2 is 1.82 bits per heavy atom. The predicted octanol–water partition coefficient (Wildman–Crippen LogP) is 5.14. The molecule has 6 nitrogen and oxygen atoms in total. The van der Waals surface area contributed by atoms with Crippen LogP contribution >= 0.6 is 23.4 Å². The molecule has 140 valence electrons. The van der Waals surface area contributed by atoms with Crippen LogP contribution in [0.2, 0.25) is 5.02 Å². The zero-order chi connectivity index (χ0) is 18.9. The molecule has 1 aliphatic rings. The SMILES string of the molecule is Clc1ccccc1-c1noc(CSc2nnc(C3CC3)n2-c2ccccc2)n1. The van der Waals surface area contributed by atoms with E-state index in [1.54, 1.807) is 0 Å². The van der Waals surface area contributed by atoms with Gasteiger partial charge >= 0.3 is 0 Å². The van der Waals surface area contributed by atoms with Crippen LogP contribution in [0.15, 0.2) is 64.3 Å². The summed E-state index contributed by atoms with van der Waals surface area (Å²) in [6.45, 7) is 0. The molecular formula is C20H16ClN5OS. The number of aromatic nitrogens is 5. The minimum Gasteiger partial charge on any atom is -0.338 e. The highest BCUT2D eigenvalue weighted by molar-refractivity contribution is 7.98. The van der Waals surface area contributed by atoms with E-state index in [4.69, 9.17) is 16.1 Å². The highest BCUT2D eigenvalue weighted by atomic mass is 35.5. The first-order chi connectivity index (χ1) is 13.8. The van der Waals surface area contributed by atoms with Crippen LogP contribution in [0.3, 0.4) is 0 Å². The average Bonchev–Trinajstić information content (AvgIpc) is 3.31. The summed E-state index contributed by atoms with van der Waals surface area (Å²) in [4.78, 5) is 4.47. The summed E-state index contributed by atoms with van der Waals surface area (Å²) in [7, 11) is 0. The van der Waals surface area contributed by atoms with Crippen molar-refractivity contribution >= 4 is 23.4 Å². The lowest BCUT2D eigenvalue weighted by molar-refractivity contribution is 0.391. The smallest absolute Gasteiger partial charge is 0.237 e. The summed E-state index contributed by atoms with van der Waals surface area (Å²) in [5, 5.41) is 14.3. The predicted molar refractivity (Wildman–Crippen MR) is 108 cm³/mol. The number of halogens is 1. The number of nitrogens with zero attached hydrogens (tertiary/aromatic N) is 5. The van der Waals surface area contributed by atoms with E-state index in [1.165, 1.54) is 24.6 Å². The summed E-state index contributed by atoms with van der Waals surface area (Å²) in [6.07, 6.45) is 2.33. The Morgan fingerprint density at radius 3 is 2.61 bits per heavy atom. The number of para-hydroxylation sites is 1. The Balaban J connectivity index is 1.39. The molecule has 0 amide bonds. The quantitative estimate of drug-likeness (QED) is 0.410. The maximum Gasteiger partial charge on any atom is 0.237 e. The van der Waals surface area contributed by atoms with E-state index >= 15 is 0 Å². The Hall–Kier alpha value is -2.64. The third kappa shape index (κ3) is 3.43.